The summed E-state index contributed by atoms with van der Waals surface area (Å²) in [5, 5.41) is 34.2. The lowest BCUT2D eigenvalue weighted by molar-refractivity contribution is -0.166. The third kappa shape index (κ3) is 23.3. The van der Waals surface area contributed by atoms with Crippen LogP contribution in [-0.4, -0.2) is 226 Å². The van der Waals surface area contributed by atoms with Gasteiger partial charge in [-0.2, -0.15) is 0 Å². The number of nitrogens with zero attached hydrogens (tertiary/aromatic N) is 6. The van der Waals surface area contributed by atoms with E-state index in [1.54, 1.807) is 53.7 Å². The first-order valence-corrected chi connectivity index (χ1v) is 31.5. The van der Waals surface area contributed by atoms with Crippen molar-refractivity contribution in [1.82, 2.24) is 50.7 Å². The van der Waals surface area contributed by atoms with Gasteiger partial charge < -0.3 is 65.6 Å². The predicted octanol–water partition coefficient (Wildman–Crippen LogP) is 3.35. The van der Waals surface area contributed by atoms with E-state index in [0.29, 0.717) is 0 Å². The molecule has 6 N–H and O–H groups in total. The maximum atomic E-state index is 15.1. The first kappa shape index (κ1) is 79.8. The van der Waals surface area contributed by atoms with Crippen molar-refractivity contribution in [3.05, 3.63) is 12.2 Å². The van der Waals surface area contributed by atoms with Crippen molar-refractivity contribution >= 4 is 65.0 Å². The number of cyclic esters (lactones) is 1. The topological polar surface area (TPSA) is 305 Å². The summed E-state index contributed by atoms with van der Waals surface area (Å²) in [7, 11) is 8.12. The molecular weight excluding hydrogens is 1130 g/mol. The zero-order chi connectivity index (χ0) is 68.3. The summed E-state index contributed by atoms with van der Waals surface area (Å²) in [6.45, 7) is 30.5. The van der Waals surface area contributed by atoms with Gasteiger partial charge in [0.25, 0.3) is 5.91 Å². The Bertz CT molecular complexity index is 2390. The Balaban J connectivity index is 4.41. The highest BCUT2D eigenvalue weighted by molar-refractivity contribution is 5.99. The van der Waals surface area contributed by atoms with Crippen LogP contribution in [0, 0.1) is 47.3 Å². The van der Waals surface area contributed by atoms with E-state index in [-0.39, 0.29) is 68.1 Å². The van der Waals surface area contributed by atoms with Gasteiger partial charge in [-0.15, -0.1) is 0 Å². The summed E-state index contributed by atoms with van der Waals surface area (Å²) in [6, 6.07) is -12.2. The number of aliphatic hydroxyl groups excluding tert-OH is 2. The van der Waals surface area contributed by atoms with Crippen molar-refractivity contribution in [1.29, 1.82) is 0 Å². The lowest BCUT2D eigenvalue weighted by atomic mass is 9.91. The molecule has 0 bridgehead atoms. The minimum absolute atomic E-state index is 0.0804. The number of rotatable bonds is 17. The van der Waals surface area contributed by atoms with Crippen molar-refractivity contribution in [2.75, 3.05) is 48.8 Å². The Morgan fingerprint density at radius 1 is 0.477 bits per heavy atom. The Morgan fingerprint density at radius 2 is 0.875 bits per heavy atom. The fraction of sp³-hybridized carbons (Fsp3) is 0.797. The van der Waals surface area contributed by atoms with Crippen molar-refractivity contribution in [2.24, 2.45) is 47.3 Å². The molecular formula is C64H114N10O14. The second-order valence-electron chi connectivity index (χ2n) is 27.3. The van der Waals surface area contributed by atoms with Crippen LogP contribution in [0.5, 0.6) is 0 Å². The van der Waals surface area contributed by atoms with Crippen LogP contribution in [0.4, 0.5) is 0 Å². The van der Waals surface area contributed by atoms with Gasteiger partial charge in [-0.1, -0.05) is 116 Å². The van der Waals surface area contributed by atoms with Crippen LogP contribution in [0.2, 0.25) is 0 Å². The molecule has 0 saturated carbocycles. The monoisotopic (exact) mass is 1250 g/mol. The van der Waals surface area contributed by atoms with Gasteiger partial charge in [0, 0.05) is 42.3 Å². The number of likely N-dealkylation sites (N-methyl/N-ethyl adjacent to an activating group) is 6. The molecule has 0 aromatic heterocycles. The van der Waals surface area contributed by atoms with Gasteiger partial charge in [0.2, 0.25) is 53.2 Å². The Labute approximate surface area is 525 Å². The van der Waals surface area contributed by atoms with E-state index in [1.807, 2.05) is 69.2 Å². The predicted molar refractivity (Wildman–Crippen MR) is 337 cm³/mol. The number of allylic oxidation sites excluding steroid dienone is 2. The Hall–Kier alpha value is -6.17. The lowest BCUT2D eigenvalue weighted by Crippen LogP contribution is -2.64. The molecule has 1 saturated heterocycles. The van der Waals surface area contributed by atoms with E-state index < -0.39 is 162 Å². The summed E-state index contributed by atoms with van der Waals surface area (Å²) in [5.74, 6) is -11.6. The van der Waals surface area contributed by atoms with Crippen LogP contribution in [0.1, 0.15) is 163 Å². The van der Waals surface area contributed by atoms with Crippen LogP contribution in [-0.2, 0) is 57.5 Å². The molecule has 24 nitrogen and oxygen atoms in total. The van der Waals surface area contributed by atoms with Crippen LogP contribution < -0.4 is 21.3 Å². The van der Waals surface area contributed by atoms with E-state index in [9.17, 15) is 58.2 Å². The van der Waals surface area contributed by atoms with E-state index in [4.69, 9.17) is 4.74 Å². The van der Waals surface area contributed by atoms with E-state index in [0.717, 1.165) is 14.7 Å². The number of esters is 1. The Kier molecular flexibility index (Phi) is 33.1. The molecule has 1 rings (SSSR count). The zero-order valence-corrected chi connectivity index (χ0v) is 57.6. The molecule has 0 aromatic carbocycles. The molecule has 1 aliphatic heterocycles. The second-order valence-corrected chi connectivity index (χ2v) is 27.3. The molecule has 0 spiro atoms. The molecule has 0 radical (unpaired) electrons. The van der Waals surface area contributed by atoms with Gasteiger partial charge in [0.05, 0.1) is 18.8 Å². The van der Waals surface area contributed by atoms with Crippen LogP contribution in [0.25, 0.3) is 0 Å². The molecule has 1 heterocycles. The minimum Gasteiger partial charge on any atom is -0.450 e. The summed E-state index contributed by atoms with van der Waals surface area (Å²) in [6.07, 6.45) is -0.368. The molecule has 10 amide bonds. The molecule has 0 aromatic rings. The highest BCUT2D eigenvalue weighted by Crippen LogP contribution is 2.25. The Morgan fingerprint density at radius 3 is 1.27 bits per heavy atom. The molecule has 1 fully saturated rings. The fourth-order valence-corrected chi connectivity index (χ4v) is 10.8. The van der Waals surface area contributed by atoms with Gasteiger partial charge in [0.15, 0.2) is 6.10 Å². The molecule has 88 heavy (non-hydrogen) atoms. The number of nitrogens with one attached hydrogen (secondary N) is 4. The molecule has 0 aliphatic carbocycles. The molecule has 13 atom stereocenters. The number of hydrogen-bond acceptors (Lipinski definition) is 14. The van der Waals surface area contributed by atoms with Gasteiger partial charge >= 0.3 is 5.97 Å². The van der Waals surface area contributed by atoms with Crippen molar-refractivity contribution in [3.63, 3.8) is 0 Å². The first-order valence-electron chi connectivity index (χ1n) is 31.5. The average molecular weight is 1250 g/mol. The van der Waals surface area contributed by atoms with Gasteiger partial charge in [-0.05, 0) is 107 Å². The van der Waals surface area contributed by atoms with E-state index >= 15 is 4.79 Å². The summed E-state index contributed by atoms with van der Waals surface area (Å²) in [4.78, 5) is 167. The first-order chi connectivity index (χ1) is 40.5. The standard InChI is InChI=1S/C64H114N10O14/c1-25-26-27-41(16)53(77)52-58(81)68-50(43(18)75)61(84)69(19)33-49(76)70(20)46(30-36(6)7)56(79)66-44(28-34(2)3)59(82)71(21)47(31-37(8)9)55(78)65-42(17)64(87)88-54(40(14)15)63(86)72(22)48(32-38(10)11)57(80)67-45(29-35(4)5)60(83)73(23)51(39(12)13)62(85)74(52)24/h25-26,34-48,50-54,75,77H,27-33H2,1-24H3,(H,65,78)(H,66,79)(H,67,80)(H,68,81)/t41-,42-,43-,44-,45-,46+,47-,48-,50-,51-,52-,53-,54+/m1/s1. The normalized spacial score (nSPS) is 26.7. The van der Waals surface area contributed by atoms with E-state index in [2.05, 4.69) is 21.3 Å². The highest BCUT2D eigenvalue weighted by atomic mass is 16.6. The highest BCUT2D eigenvalue weighted by Gasteiger charge is 2.46. The fourth-order valence-electron chi connectivity index (χ4n) is 10.8. The molecule has 0 unspecified atom stereocenters. The van der Waals surface area contributed by atoms with E-state index in [1.165, 1.54) is 70.8 Å². The summed E-state index contributed by atoms with van der Waals surface area (Å²) < 4.78 is 5.89. The zero-order valence-electron chi connectivity index (χ0n) is 57.6. The molecule has 504 valence electrons. The largest absolute Gasteiger partial charge is 0.450 e. The number of amides is 10. The van der Waals surface area contributed by atoms with Crippen LogP contribution >= 0.6 is 0 Å². The number of hydrogen-bond donors (Lipinski definition) is 6. The van der Waals surface area contributed by atoms with Crippen LogP contribution in [0.15, 0.2) is 12.2 Å². The van der Waals surface area contributed by atoms with Crippen LogP contribution in [0.3, 0.4) is 0 Å². The van der Waals surface area contributed by atoms with Gasteiger partial charge in [-0.3, -0.25) is 47.9 Å². The summed E-state index contributed by atoms with van der Waals surface area (Å²) >= 11 is 0. The maximum absolute atomic E-state index is 15.1. The number of carbonyl (C=O) groups excluding carboxylic acids is 11. The average Bonchev–Trinajstić information content (AvgIpc) is 3.61. The smallest absolute Gasteiger partial charge is 0.329 e. The van der Waals surface area contributed by atoms with Gasteiger partial charge in [-0.25, -0.2) is 4.79 Å². The quantitative estimate of drug-likeness (QED) is 0.0900. The lowest BCUT2D eigenvalue weighted by Gasteiger charge is -2.40. The molecule has 1 aliphatic rings. The third-order valence-corrected chi connectivity index (χ3v) is 16.1. The minimum atomic E-state index is -1.75. The number of carbonyl (C=O) groups is 11. The van der Waals surface area contributed by atoms with Gasteiger partial charge in [0.1, 0.15) is 54.4 Å². The SMILES string of the molecule is CC=CC[C@@H](C)[C@@H](O)[C@@H]1C(=O)N[C@H]([C@@H](C)O)C(=O)N(C)CC(=O)N(C)[C@@H](CC(C)C)C(=O)N[C@H](CC(C)C)C(=O)N(C)[C@H](CC(C)C)C(=O)N[C@H](C)C(=O)O[C@@H](C(C)C)C(=O)N(C)[C@H](CC(C)C)C(=O)N[C@H](CC(C)C)C(=O)N(C)[C@H](C(C)C)C(=O)N1C. The third-order valence-electron chi connectivity index (χ3n) is 16.1. The summed E-state index contributed by atoms with van der Waals surface area (Å²) in [5.41, 5.74) is 0. The van der Waals surface area contributed by atoms with Crippen molar-refractivity contribution in [2.45, 2.75) is 236 Å². The number of ether oxygens (including phenoxy) is 1. The van der Waals surface area contributed by atoms with Crippen molar-refractivity contribution in [3.8, 4) is 0 Å². The van der Waals surface area contributed by atoms with Crippen molar-refractivity contribution < 1.29 is 67.7 Å². The second kappa shape index (κ2) is 36.5. The maximum Gasteiger partial charge on any atom is 0.329 e. The number of aliphatic hydroxyl groups is 2. The molecule has 24 heteroatoms.